The van der Waals surface area contributed by atoms with Gasteiger partial charge in [0.1, 0.15) is 12.1 Å². The molecular weight excluding hydrogens is 262 g/mol. The highest BCUT2D eigenvalue weighted by atomic mass is 16.5. The number of carboxylic acids is 1. The number of nitrogens with one attached hydrogen (secondary N) is 1. The van der Waals surface area contributed by atoms with Crippen molar-refractivity contribution in [3.05, 3.63) is 35.9 Å². The normalized spacial score (nSPS) is 13.3. The molecule has 0 aliphatic carbocycles. The van der Waals surface area contributed by atoms with Gasteiger partial charge in [-0.1, -0.05) is 30.3 Å². The Kier molecular flexibility index (Phi) is 5.99. The Morgan fingerprint density at radius 3 is 2.50 bits per heavy atom. The van der Waals surface area contributed by atoms with Crippen LogP contribution >= 0.6 is 0 Å². The fourth-order valence-corrected chi connectivity index (χ4v) is 1.51. The van der Waals surface area contributed by atoms with Gasteiger partial charge < -0.3 is 19.9 Å². The highest BCUT2D eigenvalue weighted by Gasteiger charge is 2.35. The van der Waals surface area contributed by atoms with E-state index < -0.39 is 17.6 Å². The van der Waals surface area contributed by atoms with Crippen LogP contribution in [0.4, 0.5) is 4.79 Å². The smallest absolute Gasteiger partial charge is 0.408 e. The molecule has 0 radical (unpaired) electrons. The van der Waals surface area contributed by atoms with Gasteiger partial charge in [-0.3, -0.25) is 0 Å². The summed E-state index contributed by atoms with van der Waals surface area (Å²) in [5.41, 5.74) is -0.583. The molecule has 1 aromatic carbocycles. The number of carboxylic acid groups (broad SMARTS) is 1. The lowest BCUT2D eigenvalue weighted by atomic mass is 9.99. The van der Waals surface area contributed by atoms with E-state index in [1.54, 1.807) is 0 Å². The van der Waals surface area contributed by atoms with Crippen molar-refractivity contribution >= 4 is 12.1 Å². The highest BCUT2D eigenvalue weighted by molar-refractivity contribution is 5.83. The first-order chi connectivity index (χ1) is 9.48. The third kappa shape index (κ3) is 4.89. The maximum absolute atomic E-state index is 11.7. The lowest BCUT2D eigenvalue weighted by Gasteiger charge is -2.25. The Hall–Kier alpha value is -2.08. The summed E-state index contributed by atoms with van der Waals surface area (Å²) in [5.74, 6) is -1.13. The average Bonchev–Trinajstić information content (AvgIpc) is 2.44. The molecule has 1 atom stereocenters. The van der Waals surface area contributed by atoms with Crippen LogP contribution in [0.15, 0.2) is 30.3 Å². The summed E-state index contributed by atoms with van der Waals surface area (Å²) in [5, 5.41) is 11.5. The SMILES string of the molecule is COCCC(C)(NC(=O)OCc1ccccc1)C(=O)O. The first-order valence-electron chi connectivity index (χ1n) is 6.19. The minimum atomic E-state index is -1.41. The van der Waals surface area contributed by atoms with Gasteiger partial charge in [-0.05, 0) is 12.5 Å². The second kappa shape index (κ2) is 7.49. The van der Waals surface area contributed by atoms with Gasteiger partial charge in [0.15, 0.2) is 0 Å². The lowest BCUT2D eigenvalue weighted by molar-refractivity contribution is -0.144. The molecule has 1 amide bonds. The zero-order valence-corrected chi connectivity index (χ0v) is 11.6. The lowest BCUT2D eigenvalue weighted by Crippen LogP contribution is -2.53. The number of carbonyl (C=O) groups is 2. The molecule has 0 aliphatic rings. The zero-order valence-electron chi connectivity index (χ0n) is 11.6. The van der Waals surface area contributed by atoms with Gasteiger partial charge >= 0.3 is 12.1 Å². The van der Waals surface area contributed by atoms with Crippen molar-refractivity contribution in [3.63, 3.8) is 0 Å². The van der Waals surface area contributed by atoms with Crippen LogP contribution in [0.1, 0.15) is 18.9 Å². The molecule has 0 bridgehead atoms. The van der Waals surface area contributed by atoms with Crippen molar-refractivity contribution in [1.29, 1.82) is 0 Å². The number of hydrogen-bond donors (Lipinski definition) is 2. The molecular formula is C14H19NO5. The van der Waals surface area contributed by atoms with Crippen LogP contribution in [-0.4, -0.2) is 36.4 Å². The second-order valence-electron chi connectivity index (χ2n) is 4.57. The molecule has 1 unspecified atom stereocenters. The zero-order chi connectivity index (χ0) is 15.0. The number of alkyl carbamates (subject to hydrolysis) is 1. The summed E-state index contributed by atoms with van der Waals surface area (Å²) < 4.78 is 9.84. The van der Waals surface area contributed by atoms with E-state index in [2.05, 4.69) is 5.32 Å². The van der Waals surface area contributed by atoms with Crippen LogP contribution in [-0.2, 0) is 20.9 Å². The van der Waals surface area contributed by atoms with E-state index in [0.29, 0.717) is 0 Å². The van der Waals surface area contributed by atoms with Crippen LogP contribution in [0.5, 0.6) is 0 Å². The van der Waals surface area contributed by atoms with Gasteiger partial charge in [-0.15, -0.1) is 0 Å². The predicted octanol–water partition coefficient (Wildman–Crippen LogP) is 1.79. The first-order valence-corrected chi connectivity index (χ1v) is 6.19. The number of aliphatic carboxylic acids is 1. The summed E-state index contributed by atoms with van der Waals surface area (Å²) in [4.78, 5) is 22.9. The molecule has 20 heavy (non-hydrogen) atoms. The Bertz CT molecular complexity index is 448. The second-order valence-corrected chi connectivity index (χ2v) is 4.57. The fraction of sp³-hybridized carbons (Fsp3) is 0.429. The van der Waals surface area contributed by atoms with E-state index in [1.165, 1.54) is 14.0 Å². The Morgan fingerprint density at radius 2 is 1.95 bits per heavy atom. The quantitative estimate of drug-likeness (QED) is 0.796. The van der Waals surface area contributed by atoms with Crippen LogP contribution in [0.3, 0.4) is 0 Å². The number of ether oxygens (including phenoxy) is 2. The highest BCUT2D eigenvalue weighted by Crippen LogP contribution is 2.11. The molecule has 6 heteroatoms. The molecule has 0 heterocycles. The van der Waals surface area contributed by atoms with E-state index in [-0.39, 0.29) is 19.6 Å². The van der Waals surface area contributed by atoms with Crippen molar-refractivity contribution in [3.8, 4) is 0 Å². The maximum atomic E-state index is 11.7. The Labute approximate surface area is 117 Å². The van der Waals surface area contributed by atoms with Gasteiger partial charge in [0.2, 0.25) is 0 Å². The molecule has 0 aromatic heterocycles. The summed E-state index contributed by atoms with van der Waals surface area (Å²) in [7, 11) is 1.47. The van der Waals surface area contributed by atoms with E-state index in [4.69, 9.17) is 14.6 Å². The standard InChI is InChI=1S/C14H19NO5/c1-14(12(16)17,8-9-19-2)15-13(18)20-10-11-6-4-3-5-7-11/h3-7H,8-10H2,1-2H3,(H,15,18)(H,16,17). The van der Waals surface area contributed by atoms with E-state index in [9.17, 15) is 9.59 Å². The van der Waals surface area contributed by atoms with Crippen molar-refractivity contribution < 1.29 is 24.2 Å². The number of hydrogen-bond acceptors (Lipinski definition) is 4. The third-order valence-corrected chi connectivity index (χ3v) is 2.87. The van der Waals surface area contributed by atoms with E-state index >= 15 is 0 Å². The summed E-state index contributed by atoms with van der Waals surface area (Å²) >= 11 is 0. The molecule has 1 aromatic rings. The minimum Gasteiger partial charge on any atom is -0.480 e. The molecule has 1 rings (SSSR count). The van der Waals surface area contributed by atoms with Gasteiger partial charge in [-0.2, -0.15) is 0 Å². The molecule has 0 saturated heterocycles. The van der Waals surface area contributed by atoms with Gasteiger partial charge in [-0.25, -0.2) is 9.59 Å². The average molecular weight is 281 g/mol. The molecule has 110 valence electrons. The first kappa shape index (κ1) is 16.0. The number of methoxy groups -OCH3 is 1. The molecule has 0 fully saturated rings. The fourth-order valence-electron chi connectivity index (χ4n) is 1.51. The summed E-state index contributed by atoms with van der Waals surface area (Å²) in [6, 6.07) is 9.14. The molecule has 6 nitrogen and oxygen atoms in total. The van der Waals surface area contributed by atoms with Crippen molar-refractivity contribution in [2.75, 3.05) is 13.7 Å². The van der Waals surface area contributed by atoms with Gasteiger partial charge in [0.25, 0.3) is 0 Å². The van der Waals surface area contributed by atoms with Crippen LogP contribution in [0.2, 0.25) is 0 Å². The van der Waals surface area contributed by atoms with E-state index in [1.807, 2.05) is 30.3 Å². The van der Waals surface area contributed by atoms with Crippen LogP contribution in [0.25, 0.3) is 0 Å². The Morgan fingerprint density at radius 1 is 1.30 bits per heavy atom. The predicted molar refractivity (Wildman–Crippen MR) is 72.3 cm³/mol. The van der Waals surface area contributed by atoms with Crippen molar-refractivity contribution in [2.45, 2.75) is 25.5 Å². The number of amides is 1. The number of carbonyl (C=O) groups excluding carboxylic acids is 1. The molecule has 2 N–H and O–H groups in total. The number of benzene rings is 1. The molecule has 0 spiro atoms. The molecule has 0 aliphatic heterocycles. The summed E-state index contributed by atoms with van der Waals surface area (Å²) in [6.45, 7) is 1.73. The third-order valence-electron chi connectivity index (χ3n) is 2.87. The van der Waals surface area contributed by atoms with Crippen LogP contribution in [0, 0.1) is 0 Å². The van der Waals surface area contributed by atoms with Crippen molar-refractivity contribution in [2.24, 2.45) is 0 Å². The van der Waals surface area contributed by atoms with Gasteiger partial charge in [0, 0.05) is 20.1 Å². The summed E-state index contributed by atoms with van der Waals surface area (Å²) in [6.07, 6.45) is -0.617. The van der Waals surface area contributed by atoms with Gasteiger partial charge in [0.05, 0.1) is 0 Å². The minimum absolute atomic E-state index is 0.0899. The topological polar surface area (TPSA) is 84.9 Å². The van der Waals surface area contributed by atoms with E-state index in [0.717, 1.165) is 5.56 Å². The van der Waals surface area contributed by atoms with Crippen LogP contribution < -0.4 is 5.32 Å². The maximum Gasteiger partial charge on any atom is 0.408 e. The number of rotatable bonds is 7. The Balaban J connectivity index is 2.52. The molecule has 0 saturated carbocycles. The monoisotopic (exact) mass is 281 g/mol. The van der Waals surface area contributed by atoms with Crippen molar-refractivity contribution in [1.82, 2.24) is 5.32 Å². The largest absolute Gasteiger partial charge is 0.480 e.